The Morgan fingerprint density at radius 2 is 2.12 bits per heavy atom. The fraction of sp³-hybridized carbons (Fsp3) is 0.182. The second kappa shape index (κ2) is 4.40. The zero-order chi connectivity index (χ0) is 11.5. The van der Waals surface area contributed by atoms with Crippen molar-refractivity contribution in [3.8, 4) is 11.3 Å². The lowest BCUT2D eigenvalue weighted by molar-refractivity contribution is 0.0702. The number of hydrogen-bond acceptors (Lipinski definition) is 4. The minimum atomic E-state index is -0.927. The van der Waals surface area contributed by atoms with Gasteiger partial charge in [-0.05, 0) is 18.6 Å². The van der Waals surface area contributed by atoms with Crippen LogP contribution in [0, 0.1) is 0 Å². The summed E-state index contributed by atoms with van der Waals surface area (Å²) in [6, 6.07) is 3.53. The lowest BCUT2D eigenvalue weighted by Gasteiger charge is -1.96. The van der Waals surface area contributed by atoms with Gasteiger partial charge in [0.25, 0.3) is 0 Å². The summed E-state index contributed by atoms with van der Waals surface area (Å²) in [5, 5.41) is 9.93. The van der Waals surface area contributed by atoms with Crippen molar-refractivity contribution >= 4 is 17.3 Å². The molecule has 0 amide bonds. The standard InChI is InChI=1S/C11H10N2O2S/c1-2-8-13-9(10(16-8)11(14)15)7-3-5-12-6-4-7/h3-6H,2H2,1H3,(H,14,15). The number of thiazole rings is 1. The molecule has 0 aromatic carbocycles. The molecule has 0 spiro atoms. The normalized spacial score (nSPS) is 10.3. The van der Waals surface area contributed by atoms with Gasteiger partial charge in [0.1, 0.15) is 4.88 Å². The topological polar surface area (TPSA) is 63.1 Å². The number of aryl methyl sites for hydroxylation is 1. The summed E-state index contributed by atoms with van der Waals surface area (Å²) in [6.45, 7) is 1.96. The summed E-state index contributed by atoms with van der Waals surface area (Å²) in [4.78, 5) is 19.6. The second-order valence-electron chi connectivity index (χ2n) is 3.18. The average Bonchev–Trinajstić information content (AvgIpc) is 2.74. The zero-order valence-corrected chi connectivity index (χ0v) is 9.49. The molecular weight excluding hydrogens is 224 g/mol. The molecule has 4 nitrogen and oxygen atoms in total. The minimum Gasteiger partial charge on any atom is -0.477 e. The lowest BCUT2D eigenvalue weighted by atomic mass is 10.2. The number of aromatic carboxylic acids is 1. The van der Waals surface area contributed by atoms with E-state index >= 15 is 0 Å². The first kappa shape index (κ1) is 10.8. The molecule has 0 atom stereocenters. The third kappa shape index (κ3) is 1.94. The van der Waals surface area contributed by atoms with E-state index in [1.165, 1.54) is 11.3 Å². The van der Waals surface area contributed by atoms with Crippen molar-refractivity contribution in [1.29, 1.82) is 0 Å². The van der Waals surface area contributed by atoms with Crippen LogP contribution in [0.4, 0.5) is 0 Å². The molecular formula is C11H10N2O2S. The highest BCUT2D eigenvalue weighted by molar-refractivity contribution is 7.14. The molecule has 0 radical (unpaired) electrons. The van der Waals surface area contributed by atoms with Gasteiger partial charge in [-0.25, -0.2) is 9.78 Å². The van der Waals surface area contributed by atoms with Crippen molar-refractivity contribution in [1.82, 2.24) is 9.97 Å². The molecule has 0 aliphatic carbocycles. The molecule has 0 aliphatic heterocycles. The molecule has 0 saturated heterocycles. The fourth-order valence-electron chi connectivity index (χ4n) is 1.37. The van der Waals surface area contributed by atoms with E-state index in [-0.39, 0.29) is 0 Å². The molecule has 2 aromatic rings. The highest BCUT2D eigenvalue weighted by atomic mass is 32.1. The maximum Gasteiger partial charge on any atom is 0.348 e. The van der Waals surface area contributed by atoms with E-state index in [0.717, 1.165) is 17.0 Å². The van der Waals surface area contributed by atoms with E-state index in [9.17, 15) is 4.79 Å². The second-order valence-corrected chi connectivity index (χ2v) is 4.26. The van der Waals surface area contributed by atoms with Crippen LogP contribution in [0.15, 0.2) is 24.5 Å². The zero-order valence-electron chi connectivity index (χ0n) is 8.67. The smallest absolute Gasteiger partial charge is 0.348 e. The van der Waals surface area contributed by atoms with Crippen molar-refractivity contribution < 1.29 is 9.90 Å². The van der Waals surface area contributed by atoms with Gasteiger partial charge in [0.05, 0.1) is 10.7 Å². The molecule has 82 valence electrons. The molecule has 2 heterocycles. The summed E-state index contributed by atoms with van der Waals surface area (Å²) in [6.07, 6.45) is 4.01. The van der Waals surface area contributed by atoms with E-state index in [0.29, 0.717) is 10.6 Å². The Morgan fingerprint density at radius 3 is 2.69 bits per heavy atom. The molecule has 0 saturated carbocycles. The Bertz CT molecular complexity index is 508. The summed E-state index contributed by atoms with van der Waals surface area (Å²) >= 11 is 1.23. The van der Waals surface area contributed by atoms with E-state index in [1.807, 2.05) is 6.92 Å². The van der Waals surface area contributed by atoms with Gasteiger partial charge in [-0.3, -0.25) is 4.98 Å². The predicted octanol–water partition coefficient (Wildman–Crippen LogP) is 2.47. The highest BCUT2D eigenvalue weighted by Crippen LogP contribution is 2.28. The predicted molar refractivity (Wildman–Crippen MR) is 61.7 cm³/mol. The van der Waals surface area contributed by atoms with E-state index in [2.05, 4.69) is 9.97 Å². The van der Waals surface area contributed by atoms with Crippen LogP contribution >= 0.6 is 11.3 Å². The largest absolute Gasteiger partial charge is 0.477 e. The van der Waals surface area contributed by atoms with Gasteiger partial charge in [0, 0.05) is 18.0 Å². The average molecular weight is 234 g/mol. The summed E-state index contributed by atoms with van der Waals surface area (Å²) in [5.74, 6) is -0.927. The van der Waals surface area contributed by atoms with Crippen molar-refractivity contribution in [2.45, 2.75) is 13.3 Å². The van der Waals surface area contributed by atoms with Crippen molar-refractivity contribution in [2.24, 2.45) is 0 Å². The van der Waals surface area contributed by atoms with Crippen molar-refractivity contribution in [3.63, 3.8) is 0 Å². The first-order chi connectivity index (χ1) is 7.72. The van der Waals surface area contributed by atoms with Crippen LogP contribution in [0.3, 0.4) is 0 Å². The Balaban J connectivity index is 2.55. The number of rotatable bonds is 3. The van der Waals surface area contributed by atoms with E-state index in [1.54, 1.807) is 24.5 Å². The number of pyridine rings is 1. The van der Waals surface area contributed by atoms with Crippen LogP contribution in [0.2, 0.25) is 0 Å². The number of nitrogens with zero attached hydrogens (tertiary/aromatic N) is 2. The van der Waals surface area contributed by atoms with Gasteiger partial charge in [-0.2, -0.15) is 0 Å². The molecule has 5 heteroatoms. The molecule has 0 bridgehead atoms. The number of carbonyl (C=O) groups is 1. The SMILES string of the molecule is CCc1nc(-c2ccncc2)c(C(=O)O)s1. The number of carboxylic acid groups (broad SMARTS) is 1. The van der Waals surface area contributed by atoms with E-state index in [4.69, 9.17) is 5.11 Å². The van der Waals surface area contributed by atoms with Crippen LogP contribution in [0.25, 0.3) is 11.3 Å². The van der Waals surface area contributed by atoms with Crippen LogP contribution in [0.5, 0.6) is 0 Å². The first-order valence-corrected chi connectivity index (χ1v) is 5.67. The van der Waals surface area contributed by atoms with Gasteiger partial charge in [-0.15, -0.1) is 11.3 Å². The van der Waals surface area contributed by atoms with Crippen LogP contribution < -0.4 is 0 Å². The lowest BCUT2D eigenvalue weighted by Crippen LogP contribution is -1.95. The molecule has 16 heavy (non-hydrogen) atoms. The highest BCUT2D eigenvalue weighted by Gasteiger charge is 2.17. The van der Waals surface area contributed by atoms with Crippen LogP contribution in [0.1, 0.15) is 21.6 Å². The van der Waals surface area contributed by atoms with Crippen molar-refractivity contribution in [3.05, 3.63) is 34.4 Å². The maximum atomic E-state index is 11.1. The Hall–Kier alpha value is -1.75. The summed E-state index contributed by atoms with van der Waals surface area (Å²) < 4.78 is 0. The van der Waals surface area contributed by atoms with E-state index < -0.39 is 5.97 Å². The molecule has 0 aliphatic rings. The fourth-order valence-corrected chi connectivity index (χ4v) is 2.23. The quantitative estimate of drug-likeness (QED) is 0.886. The van der Waals surface area contributed by atoms with Gasteiger partial charge in [0.15, 0.2) is 0 Å². The Labute approximate surface area is 96.6 Å². The number of aromatic nitrogens is 2. The number of carboxylic acids is 1. The third-order valence-electron chi connectivity index (χ3n) is 2.12. The van der Waals surface area contributed by atoms with Gasteiger partial charge >= 0.3 is 5.97 Å². The first-order valence-electron chi connectivity index (χ1n) is 4.85. The molecule has 1 N–H and O–H groups in total. The molecule has 0 fully saturated rings. The minimum absolute atomic E-state index is 0.294. The summed E-state index contributed by atoms with van der Waals surface area (Å²) in [5.41, 5.74) is 1.33. The van der Waals surface area contributed by atoms with Crippen LogP contribution in [-0.2, 0) is 6.42 Å². The molecule has 2 aromatic heterocycles. The monoisotopic (exact) mass is 234 g/mol. The molecule has 0 unspecified atom stereocenters. The Kier molecular flexibility index (Phi) is 2.96. The van der Waals surface area contributed by atoms with Gasteiger partial charge in [0.2, 0.25) is 0 Å². The maximum absolute atomic E-state index is 11.1. The third-order valence-corrected chi connectivity index (χ3v) is 3.31. The Morgan fingerprint density at radius 1 is 1.44 bits per heavy atom. The van der Waals surface area contributed by atoms with Gasteiger partial charge < -0.3 is 5.11 Å². The molecule has 2 rings (SSSR count). The van der Waals surface area contributed by atoms with Crippen molar-refractivity contribution in [2.75, 3.05) is 0 Å². The summed E-state index contributed by atoms with van der Waals surface area (Å²) in [7, 11) is 0. The number of hydrogen-bond donors (Lipinski definition) is 1. The van der Waals surface area contributed by atoms with Gasteiger partial charge in [-0.1, -0.05) is 6.92 Å². The van der Waals surface area contributed by atoms with Crippen LogP contribution in [-0.4, -0.2) is 21.0 Å².